The van der Waals surface area contributed by atoms with E-state index in [4.69, 9.17) is 5.73 Å². The number of rotatable bonds is 5. The molecule has 1 aromatic rings. The summed E-state index contributed by atoms with van der Waals surface area (Å²) in [6, 6.07) is 8.26. The van der Waals surface area contributed by atoms with Crippen molar-refractivity contribution in [2.45, 2.75) is 59.5 Å². The Morgan fingerprint density at radius 3 is 2.43 bits per heavy atom. The van der Waals surface area contributed by atoms with Gasteiger partial charge < -0.3 is 11.1 Å². The normalized spacial score (nSPS) is 26.1. The molecule has 1 fully saturated rings. The number of benzene rings is 1. The van der Waals surface area contributed by atoms with Gasteiger partial charge in [-0.05, 0) is 48.6 Å². The highest BCUT2D eigenvalue weighted by molar-refractivity contribution is 5.79. The van der Waals surface area contributed by atoms with Crippen molar-refractivity contribution in [3.63, 3.8) is 0 Å². The summed E-state index contributed by atoms with van der Waals surface area (Å²) in [6.07, 6.45) is 3.46. The minimum atomic E-state index is 0.0502. The van der Waals surface area contributed by atoms with Crippen LogP contribution in [0.5, 0.6) is 0 Å². The first-order valence-corrected chi connectivity index (χ1v) is 9.00. The van der Waals surface area contributed by atoms with E-state index in [0.29, 0.717) is 24.3 Å². The van der Waals surface area contributed by atoms with Crippen molar-refractivity contribution in [2.75, 3.05) is 0 Å². The fourth-order valence-electron chi connectivity index (χ4n) is 3.76. The maximum Gasteiger partial charge on any atom is 0.223 e. The summed E-state index contributed by atoms with van der Waals surface area (Å²) < 4.78 is 0. The van der Waals surface area contributed by atoms with E-state index in [0.717, 1.165) is 17.5 Å². The van der Waals surface area contributed by atoms with Crippen molar-refractivity contribution in [1.82, 2.24) is 5.32 Å². The molecule has 3 heteroatoms. The zero-order valence-electron chi connectivity index (χ0n) is 15.0. The highest BCUT2D eigenvalue weighted by Crippen LogP contribution is 2.38. The molecule has 0 radical (unpaired) electrons. The van der Waals surface area contributed by atoms with Gasteiger partial charge in [0.2, 0.25) is 5.91 Å². The molecule has 1 amide bonds. The van der Waals surface area contributed by atoms with Gasteiger partial charge in [-0.15, -0.1) is 0 Å². The molecule has 0 aliphatic heterocycles. The summed E-state index contributed by atoms with van der Waals surface area (Å²) in [6.45, 7) is 9.34. The molecular formula is C20H32N2O. The average molecular weight is 316 g/mol. The molecule has 23 heavy (non-hydrogen) atoms. The Morgan fingerprint density at radius 2 is 1.87 bits per heavy atom. The standard InChI is InChI=1S/C20H32N2O/c1-13(2)18-10-5-14(3)11-19(18)20(23)22-12-16-6-8-17(9-7-16)15(4)21/h6-9,13-15,18-19H,5,10-12,21H2,1-4H3,(H,22,23)/t14-,15?,18+,19-/m1/s1. The summed E-state index contributed by atoms with van der Waals surface area (Å²) in [5, 5.41) is 3.15. The molecule has 0 saturated heterocycles. The average Bonchev–Trinajstić information content (AvgIpc) is 2.52. The Bertz CT molecular complexity index is 507. The second-order valence-corrected chi connectivity index (χ2v) is 7.68. The largest absolute Gasteiger partial charge is 0.352 e. The summed E-state index contributed by atoms with van der Waals surface area (Å²) in [7, 11) is 0. The topological polar surface area (TPSA) is 55.1 Å². The van der Waals surface area contributed by atoms with E-state index in [1.807, 2.05) is 19.1 Å². The summed E-state index contributed by atoms with van der Waals surface area (Å²) >= 11 is 0. The highest BCUT2D eigenvalue weighted by atomic mass is 16.1. The fraction of sp³-hybridized carbons (Fsp3) is 0.650. The lowest BCUT2D eigenvalue weighted by molar-refractivity contribution is -0.129. The molecule has 0 spiro atoms. The molecule has 0 aromatic heterocycles. The first-order chi connectivity index (χ1) is 10.9. The lowest BCUT2D eigenvalue weighted by atomic mass is 9.70. The SMILES string of the molecule is CC(N)c1ccc(CNC(=O)[C@@H]2C[C@H](C)CC[C@H]2C(C)C)cc1. The highest BCUT2D eigenvalue weighted by Gasteiger charge is 2.35. The third kappa shape index (κ3) is 4.81. The van der Waals surface area contributed by atoms with E-state index < -0.39 is 0 Å². The second-order valence-electron chi connectivity index (χ2n) is 7.68. The van der Waals surface area contributed by atoms with Crippen LogP contribution in [0.3, 0.4) is 0 Å². The van der Waals surface area contributed by atoms with Crippen LogP contribution in [0.15, 0.2) is 24.3 Å². The molecule has 128 valence electrons. The zero-order chi connectivity index (χ0) is 17.0. The molecule has 2 rings (SSSR count). The molecule has 1 aromatic carbocycles. The molecule has 1 aliphatic carbocycles. The van der Waals surface area contributed by atoms with Crippen LogP contribution >= 0.6 is 0 Å². The summed E-state index contributed by atoms with van der Waals surface area (Å²) in [4.78, 5) is 12.7. The Morgan fingerprint density at radius 1 is 1.22 bits per heavy atom. The van der Waals surface area contributed by atoms with E-state index in [2.05, 4.69) is 38.2 Å². The van der Waals surface area contributed by atoms with Crippen molar-refractivity contribution < 1.29 is 4.79 Å². The van der Waals surface area contributed by atoms with Crippen LogP contribution in [0.4, 0.5) is 0 Å². The molecule has 4 atom stereocenters. The Kier molecular flexibility index (Phi) is 6.23. The molecular weight excluding hydrogens is 284 g/mol. The third-order valence-electron chi connectivity index (χ3n) is 5.33. The molecule has 1 saturated carbocycles. The maximum atomic E-state index is 12.7. The smallest absolute Gasteiger partial charge is 0.223 e. The maximum absolute atomic E-state index is 12.7. The van der Waals surface area contributed by atoms with Gasteiger partial charge in [-0.25, -0.2) is 0 Å². The van der Waals surface area contributed by atoms with Gasteiger partial charge in [0, 0.05) is 18.5 Å². The number of amides is 1. The fourth-order valence-corrected chi connectivity index (χ4v) is 3.76. The molecule has 0 bridgehead atoms. The molecule has 3 nitrogen and oxygen atoms in total. The first kappa shape index (κ1) is 18.0. The van der Waals surface area contributed by atoms with E-state index >= 15 is 0 Å². The molecule has 1 aliphatic rings. The van der Waals surface area contributed by atoms with Crippen molar-refractivity contribution in [2.24, 2.45) is 29.4 Å². The predicted octanol–water partition coefficient (Wildman–Crippen LogP) is 4.03. The number of nitrogens with two attached hydrogens (primary N) is 1. The molecule has 0 heterocycles. The monoisotopic (exact) mass is 316 g/mol. The van der Waals surface area contributed by atoms with Gasteiger partial charge in [0.15, 0.2) is 0 Å². The molecule has 1 unspecified atom stereocenters. The Balaban J connectivity index is 1.94. The summed E-state index contributed by atoms with van der Waals surface area (Å²) in [5.41, 5.74) is 8.13. The molecule has 3 N–H and O–H groups in total. The van der Waals surface area contributed by atoms with E-state index in [1.54, 1.807) is 0 Å². The van der Waals surface area contributed by atoms with Crippen LogP contribution in [-0.4, -0.2) is 5.91 Å². The van der Waals surface area contributed by atoms with Crippen LogP contribution in [-0.2, 0) is 11.3 Å². The lowest BCUT2D eigenvalue weighted by Crippen LogP contribution is -2.39. The minimum absolute atomic E-state index is 0.0502. The van der Waals surface area contributed by atoms with Gasteiger partial charge >= 0.3 is 0 Å². The van der Waals surface area contributed by atoms with Crippen molar-refractivity contribution in [3.8, 4) is 0 Å². The Hall–Kier alpha value is -1.35. The van der Waals surface area contributed by atoms with Gasteiger partial charge in [-0.1, -0.05) is 51.5 Å². The number of carbonyl (C=O) groups excluding carboxylic acids is 1. The number of hydrogen-bond donors (Lipinski definition) is 2. The van der Waals surface area contributed by atoms with Crippen molar-refractivity contribution in [3.05, 3.63) is 35.4 Å². The number of nitrogens with one attached hydrogen (secondary N) is 1. The van der Waals surface area contributed by atoms with E-state index in [9.17, 15) is 4.79 Å². The van der Waals surface area contributed by atoms with Gasteiger partial charge in [0.1, 0.15) is 0 Å². The van der Waals surface area contributed by atoms with Crippen molar-refractivity contribution >= 4 is 5.91 Å². The second kappa shape index (κ2) is 7.96. The minimum Gasteiger partial charge on any atom is -0.352 e. The Labute approximate surface area is 141 Å². The van der Waals surface area contributed by atoms with Gasteiger partial charge in [-0.2, -0.15) is 0 Å². The third-order valence-corrected chi connectivity index (χ3v) is 5.33. The van der Waals surface area contributed by atoms with Crippen molar-refractivity contribution in [1.29, 1.82) is 0 Å². The number of hydrogen-bond acceptors (Lipinski definition) is 2. The van der Waals surface area contributed by atoms with Crippen LogP contribution in [0.2, 0.25) is 0 Å². The lowest BCUT2D eigenvalue weighted by Gasteiger charge is -2.36. The van der Waals surface area contributed by atoms with Gasteiger partial charge in [-0.3, -0.25) is 4.79 Å². The van der Waals surface area contributed by atoms with Crippen LogP contribution in [0.1, 0.15) is 64.1 Å². The van der Waals surface area contributed by atoms with Crippen LogP contribution < -0.4 is 11.1 Å². The predicted molar refractivity (Wildman–Crippen MR) is 95.7 cm³/mol. The van der Waals surface area contributed by atoms with E-state index in [1.165, 1.54) is 12.8 Å². The van der Waals surface area contributed by atoms with Crippen LogP contribution in [0, 0.1) is 23.7 Å². The summed E-state index contributed by atoms with van der Waals surface area (Å²) in [5.74, 6) is 2.15. The van der Waals surface area contributed by atoms with Gasteiger partial charge in [0.25, 0.3) is 0 Å². The van der Waals surface area contributed by atoms with Crippen LogP contribution in [0.25, 0.3) is 0 Å². The number of carbonyl (C=O) groups is 1. The van der Waals surface area contributed by atoms with Gasteiger partial charge in [0.05, 0.1) is 0 Å². The zero-order valence-corrected chi connectivity index (χ0v) is 15.0. The quantitative estimate of drug-likeness (QED) is 0.861. The first-order valence-electron chi connectivity index (χ1n) is 9.00. The van der Waals surface area contributed by atoms with E-state index in [-0.39, 0.29) is 17.9 Å².